The van der Waals surface area contributed by atoms with E-state index in [-0.39, 0.29) is 17.4 Å². The van der Waals surface area contributed by atoms with Crippen molar-refractivity contribution in [1.29, 1.82) is 0 Å². The van der Waals surface area contributed by atoms with Crippen LogP contribution in [0.2, 0.25) is 0 Å². The van der Waals surface area contributed by atoms with Crippen LogP contribution >= 0.6 is 0 Å². The monoisotopic (exact) mass is 445 g/mol. The molecule has 1 aromatic carbocycles. The van der Waals surface area contributed by atoms with E-state index in [1.807, 2.05) is 20.8 Å². The van der Waals surface area contributed by atoms with Gasteiger partial charge in [0, 0.05) is 37.7 Å². The maximum Gasteiger partial charge on any atom is 0.416 e. The summed E-state index contributed by atoms with van der Waals surface area (Å²) in [7, 11) is 1.52. The molecule has 9 heteroatoms. The SMILES string of the molecule is CN(CC1CCN(CCNC(=O)C(C)(C)C)CC1)C(=O)c1cc(F)cc(C(F)(F)F)c1. The van der Waals surface area contributed by atoms with E-state index in [4.69, 9.17) is 0 Å². The zero-order chi connectivity index (χ0) is 23.4. The Balaban J connectivity index is 1.83. The van der Waals surface area contributed by atoms with E-state index in [1.54, 1.807) is 0 Å². The van der Waals surface area contributed by atoms with Crippen molar-refractivity contribution in [3.8, 4) is 0 Å². The van der Waals surface area contributed by atoms with Crippen LogP contribution in [0.15, 0.2) is 18.2 Å². The van der Waals surface area contributed by atoms with Gasteiger partial charge in [-0.1, -0.05) is 20.8 Å². The van der Waals surface area contributed by atoms with Gasteiger partial charge in [-0.2, -0.15) is 13.2 Å². The van der Waals surface area contributed by atoms with Crippen LogP contribution < -0.4 is 5.32 Å². The minimum Gasteiger partial charge on any atom is -0.354 e. The lowest BCUT2D eigenvalue weighted by molar-refractivity contribution is -0.137. The number of nitrogens with zero attached hydrogens (tertiary/aromatic N) is 2. The molecule has 1 aromatic rings. The average Bonchev–Trinajstić information content (AvgIpc) is 2.66. The average molecular weight is 446 g/mol. The lowest BCUT2D eigenvalue weighted by Crippen LogP contribution is -2.43. The van der Waals surface area contributed by atoms with E-state index in [9.17, 15) is 27.2 Å². The fraction of sp³-hybridized carbons (Fsp3) is 0.636. The van der Waals surface area contributed by atoms with E-state index in [0.29, 0.717) is 25.2 Å². The van der Waals surface area contributed by atoms with E-state index in [1.165, 1.54) is 11.9 Å². The van der Waals surface area contributed by atoms with E-state index < -0.39 is 28.9 Å². The number of carbonyl (C=O) groups is 2. The number of halogens is 4. The number of nitrogens with one attached hydrogen (secondary N) is 1. The molecule has 1 fully saturated rings. The molecule has 0 spiro atoms. The standard InChI is InChI=1S/C22H31F4N3O2/c1-21(2,3)20(31)27-7-10-29-8-5-15(6-9-29)14-28(4)19(30)16-11-17(22(24,25)26)13-18(23)12-16/h11-13,15H,5-10,14H2,1-4H3,(H,27,31). The quantitative estimate of drug-likeness (QED) is 0.678. The lowest BCUT2D eigenvalue weighted by Gasteiger charge is -2.34. The fourth-order valence-electron chi connectivity index (χ4n) is 3.55. The van der Waals surface area contributed by atoms with Gasteiger partial charge in [-0.05, 0) is 50.0 Å². The Morgan fingerprint density at radius 2 is 1.74 bits per heavy atom. The van der Waals surface area contributed by atoms with Gasteiger partial charge in [0.15, 0.2) is 0 Å². The summed E-state index contributed by atoms with van der Waals surface area (Å²) in [6.07, 6.45) is -3.04. The third-order valence-corrected chi connectivity index (χ3v) is 5.45. The first-order valence-electron chi connectivity index (χ1n) is 10.4. The second-order valence-electron chi connectivity index (χ2n) is 9.20. The zero-order valence-electron chi connectivity index (χ0n) is 18.5. The third kappa shape index (κ3) is 7.48. The Labute approximate surface area is 180 Å². The van der Waals surface area contributed by atoms with Crippen molar-refractivity contribution in [3.63, 3.8) is 0 Å². The van der Waals surface area contributed by atoms with E-state index >= 15 is 0 Å². The highest BCUT2D eigenvalue weighted by molar-refractivity contribution is 5.94. The predicted octanol–water partition coefficient (Wildman–Crippen LogP) is 3.79. The van der Waals surface area contributed by atoms with Crippen molar-refractivity contribution in [3.05, 3.63) is 35.1 Å². The minimum absolute atomic E-state index is 0.00792. The van der Waals surface area contributed by atoms with Crippen LogP contribution in [0.25, 0.3) is 0 Å². The molecule has 0 aliphatic carbocycles. The van der Waals surface area contributed by atoms with Gasteiger partial charge >= 0.3 is 6.18 Å². The Kier molecular flexibility index (Phi) is 8.08. The largest absolute Gasteiger partial charge is 0.416 e. The molecule has 1 aliphatic heterocycles. The molecule has 1 aliphatic rings. The summed E-state index contributed by atoms with van der Waals surface area (Å²) in [5.41, 5.74) is -1.90. The highest BCUT2D eigenvalue weighted by Gasteiger charge is 2.32. The van der Waals surface area contributed by atoms with Gasteiger partial charge in [0.2, 0.25) is 5.91 Å². The number of carbonyl (C=O) groups excluding carboxylic acids is 2. The predicted molar refractivity (Wildman–Crippen MR) is 110 cm³/mol. The molecule has 0 saturated carbocycles. The number of benzene rings is 1. The van der Waals surface area contributed by atoms with Crippen LogP contribution in [0.4, 0.5) is 17.6 Å². The smallest absolute Gasteiger partial charge is 0.354 e. The first-order valence-corrected chi connectivity index (χ1v) is 10.4. The number of piperidine rings is 1. The molecule has 1 heterocycles. The summed E-state index contributed by atoms with van der Waals surface area (Å²) in [4.78, 5) is 28.0. The van der Waals surface area contributed by atoms with Crippen molar-refractivity contribution < 1.29 is 27.2 Å². The van der Waals surface area contributed by atoms with Crippen LogP contribution in [-0.2, 0) is 11.0 Å². The first-order chi connectivity index (χ1) is 14.3. The molecule has 0 aromatic heterocycles. The number of likely N-dealkylation sites (tertiary alicyclic amines) is 1. The normalized spacial score (nSPS) is 16.3. The number of hydrogen-bond acceptors (Lipinski definition) is 3. The first kappa shape index (κ1) is 25.1. The molecule has 0 unspecified atom stereocenters. The highest BCUT2D eigenvalue weighted by Crippen LogP contribution is 2.30. The number of alkyl halides is 3. The van der Waals surface area contributed by atoms with Gasteiger partial charge in [-0.3, -0.25) is 9.59 Å². The highest BCUT2D eigenvalue weighted by atomic mass is 19.4. The van der Waals surface area contributed by atoms with Gasteiger partial charge in [-0.15, -0.1) is 0 Å². The second kappa shape index (κ2) is 9.97. The lowest BCUT2D eigenvalue weighted by atomic mass is 9.95. The summed E-state index contributed by atoms with van der Waals surface area (Å²) < 4.78 is 52.3. The number of amides is 2. The zero-order valence-corrected chi connectivity index (χ0v) is 18.5. The van der Waals surface area contributed by atoms with Gasteiger partial charge in [0.25, 0.3) is 5.91 Å². The molecule has 1 saturated heterocycles. The van der Waals surface area contributed by atoms with Gasteiger partial charge in [0.1, 0.15) is 5.82 Å². The van der Waals surface area contributed by atoms with Crippen LogP contribution in [0.5, 0.6) is 0 Å². The van der Waals surface area contributed by atoms with Crippen molar-refractivity contribution >= 4 is 11.8 Å². The molecule has 0 atom stereocenters. The molecule has 2 amide bonds. The van der Waals surface area contributed by atoms with Crippen molar-refractivity contribution in [2.75, 3.05) is 39.8 Å². The van der Waals surface area contributed by atoms with Crippen LogP contribution in [-0.4, -0.2) is 61.4 Å². The number of hydrogen-bond donors (Lipinski definition) is 1. The topological polar surface area (TPSA) is 52.6 Å². The van der Waals surface area contributed by atoms with E-state index in [2.05, 4.69) is 10.2 Å². The maximum absolute atomic E-state index is 13.6. The molecule has 1 N–H and O–H groups in total. The van der Waals surface area contributed by atoms with Crippen LogP contribution in [0.3, 0.4) is 0 Å². The molecule has 5 nitrogen and oxygen atoms in total. The fourth-order valence-corrected chi connectivity index (χ4v) is 3.55. The third-order valence-electron chi connectivity index (χ3n) is 5.45. The molecule has 31 heavy (non-hydrogen) atoms. The van der Waals surface area contributed by atoms with Gasteiger partial charge in [-0.25, -0.2) is 4.39 Å². The number of rotatable bonds is 6. The van der Waals surface area contributed by atoms with Crippen molar-refractivity contribution in [2.45, 2.75) is 39.8 Å². The summed E-state index contributed by atoms with van der Waals surface area (Å²) in [6, 6.07) is 1.91. The second-order valence-corrected chi connectivity index (χ2v) is 9.20. The van der Waals surface area contributed by atoms with E-state index in [0.717, 1.165) is 38.5 Å². The van der Waals surface area contributed by atoms with Gasteiger partial charge < -0.3 is 15.1 Å². The summed E-state index contributed by atoms with van der Waals surface area (Å²) >= 11 is 0. The minimum atomic E-state index is -4.71. The van der Waals surface area contributed by atoms with Gasteiger partial charge in [0.05, 0.1) is 5.56 Å². The molecule has 2 rings (SSSR count). The Hall–Kier alpha value is -2.16. The molecular weight excluding hydrogens is 414 g/mol. The molecule has 0 radical (unpaired) electrons. The Morgan fingerprint density at radius 3 is 2.29 bits per heavy atom. The van der Waals surface area contributed by atoms with Crippen LogP contribution in [0.1, 0.15) is 49.5 Å². The summed E-state index contributed by atoms with van der Waals surface area (Å²) in [6.45, 7) is 8.92. The summed E-state index contributed by atoms with van der Waals surface area (Å²) in [5.74, 6) is -1.49. The molecule has 174 valence electrons. The van der Waals surface area contributed by atoms with Crippen LogP contribution in [0, 0.1) is 17.2 Å². The summed E-state index contributed by atoms with van der Waals surface area (Å²) in [5, 5.41) is 2.92. The molecule has 0 bridgehead atoms. The Morgan fingerprint density at radius 1 is 1.13 bits per heavy atom. The van der Waals surface area contributed by atoms with Crippen molar-refractivity contribution in [2.24, 2.45) is 11.3 Å². The Bertz CT molecular complexity index is 782. The maximum atomic E-state index is 13.6. The van der Waals surface area contributed by atoms with Crippen molar-refractivity contribution in [1.82, 2.24) is 15.1 Å². The molecular formula is C22H31F4N3O2.